The Bertz CT molecular complexity index is 369. The highest BCUT2D eigenvalue weighted by Gasteiger charge is 2.22. The molecule has 0 saturated carbocycles. The van der Waals surface area contributed by atoms with Crippen LogP contribution in [0.2, 0.25) is 5.02 Å². The first kappa shape index (κ1) is 11.5. The Hall–Kier alpha value is -1.03. The number of piperidine rings is 1. The van der Waals surface area contributed by atoms with Crippen molar-refractivity contribution in [2.24, 2.45) is 5.92 Å². The number of nitrogens with two attached hydrogens (primary N) is 1. The molecule has 88 valence electrons. The van der Waals surface area contributed by atoms with E-state index in [-0.39, 0.29) is 0 Å². The first-order valence-corrected chi connectivity index (χ1v) is 6.11. The molecule has 16 heavy (non-hydrogen) atoms. The lowest BCUT2D eigenvalue weighted by Crippen LogP contribution is -2.36. The van der Waals surface area contributed by atoms with Gasteiger partial charge in [-0.3, -0.25) is 0 Å². The maximum absolute atomic E-state index is 6.13. The summed E-state index contributed by atoms with van der Waals surface area (Å²) in [6, 6.07) is 0. The van der Waals surface area contributed by atoms with Crippen molar-refractivity contribution < 1.29 is 0 Å². The van der Waals surface area contributed by atoms with Gasteiger partial charge in [0.15, 0.2) is 5.82 Å². The maximum Gasteiger partial charge on any atom is 0.153 e. The lowest BCUT2D eigenvalue weighted by molar-refractivity contribution is 0.403. The SMILES string of the molecule is CCC1CCCN(c2ncnc(N)c2Cl)C1. The summed E-state index contributed by atoms with van der Waals surface area (Å²) in [6.07, 6.45) is 5.17. The minimum absolute atomic E-state index is 0.366. The highest BCUT2D eigenvalue weighted by molar-refractivity contribution is 6.35. The molecule has 1 aliphatic heterocycles. The predicted molar refractivity (Wildman–Crippen MR) is 66.7 cm³/mol. The number of hydrogen-bond donors (Lipinski definition) is 1. The van der Waals surface area contributed by atoms with E-state index in [1.165, 1.54) is 25.6 Å². The Labute approximate surface area is 101 Å². The fraction of sp³-hybridized carbons (Fsp3) is 0.636. The van der Waals surface area contributed by atoms with Crippen LogP contribution in [0, 0.1) is 5.92 Å². The monoisotopic (exact) mass is 240 g/mol. The minimum atomic E-state index is 0.366. The van der Waals surface area contributed by atoms with E-state index in [4.69, 9.17) is 17.3 Å². The van der Waals surface area contributed by atoms with Crippen molar-refractivity contribution in [1.82, 2.24) is 9.97 Å². The van der Waals surface area contributed by atoms with Gasteiger partial charge in [0.1, 0.15) is 17.2 Å². The highest BCUT2D eigenvalue weighted by atomic mass is 35.5. The number of hydrogen-bond acceptors (Lipinski definition) is 4. The number of nitrogen functional groups attached to an aromatic ring is 1. The van der Waals surface area contributed by atoms with Crippen LogP contribution in [0.15, 0.2) is 6.33 Å². The zero-order valence-electron chi connectivity index (χ0n) is 9.49. The van der Waals surface area contributed by atoms with E-state index >= 15 is 0 Å². The zero-order chi connectivity index (χ0) is 11.5. The summed E-state index contributed by atoms with van der Waals surface area (Å²) in [5.41, 5.74) is 5.68. The zero-order valence-corrected chi connectivity index (χ0v) is 10.2. The molecule has 2 N–H and O–H groups in total. The molecule has 0 radical (unpaired) electrons. The topological polar surface area (TPSA) is 55.0 Å². The molecule has 2 heterocycles. The van der Waals surface area contributed by atoms with Crippen LogP contribution in [0.25, 0.3) is 0 Å². The molecule has 0 spiro atoms. The Morgan fingerprint density at radius 1 is 1.56 bits per heavy atom. The van der Waals surface area contributed by atoms with Crippen molar-refractivity contribution in [3.63, 3.8) is 0 Å². The Kier molecular flexibility index (Phi) is 3.49. The molecule has 1 fully saturated rings. The standard InChI is InChI=1S/C11H17ClN4/c1-2-8-4-3-5-16(6-8)11-9(12)10(13)14-7-15-11/h7-8H,2-6H2,1H3,(H2,13,14,15). The van der Waals surface area contributed by atoms with E-state index in [0.29, 0.717) is 10.8 Å². The second-order valence-electron chi connectivity index (χ2n) is 4.26. The van der Waals surface area contributed by atoms with Crippen LogP contribution in [0.5, 0.6) is 0 Å². The van der Waals surface area contributed by atoms with Crippen LogP contribution in [0.4, 0.5) is 11.6 Å². The normalized spacial score (nSPS) is 21.1. The maximum atomic E-state index is 6.13. The van der Waals surface area contributed by atoms with Gasteiger partial charge >= 0.3 is 0 Å². The lowest BCUT2D eigenvalue weighted by Gasteiger charge is -2.33. The predicted octanol–water partition coefficient (Wildman–Crippen LogP) is 2.34. The molecule has 1 atom stereocenters. The molecule has 0 amide bonds. The summed E-state index contributed by atoms with van der Waals surface area (Å²) < 4.78 is 0. The van der Waals surface area contributed by atoms with E-state index in [9.17, 15) is 0 Å². The molecule has 0 aliphatic carbocycles. The average Bonchev–Trinajstić information content (AvgIpc) is 2.33. The molecule has 0 aromatic carbocycles. The van der Waals surface area contributed by atoms with E-state index in [2.05, 4.69) is 21.8 Å². The molecule has 1 aromatic heterocycles. The van der Waals surface area contributed by atoms with Gasteiger partial charge in [-0.05, 0) is 18.8 Å². The van der Waals surface area contributed by atoms with Gasteiger partial charge in [0.25, 0.3) is 0 Å². The Morgan fingerprint density at radius 3 is 3.12 bits per heavy atom. The van der Waals surface area contributed by atoms with Crippen molar-refractivity contribution in [2.75, 3.05) is 23.7 Å². The molecule has 1 aromatic rings. The van der Waals surface area contributed by atoms with E-state index in [1.54, 1.807) is 0 Å². The van der Waals surface area contributed by atoms with Crippen molar-refractivity contribution in [3.05, 3.63) is 11.3 Å². The molecule has 4 nitrogen and oxygen atoms in total. The van der Waals surface area contributed by atoms with Crippen molar-refractivity contribution in [2.45, 2.75) is 26.2 Å². The molecule has 0 bridgehead atoms. The Balaban J connectivity index is 2.20. The van der Waals surface area contributed by atoms with Gasteiger partial charge in [-0.1, -0.05) is 24.9 Å². The van der Waals surface area contributed by atoms with Crippen molar-refractivity contribution in [1.29, 1.82) is 0 Å². The first-order chi connectivity index (χ1) is 7.72. The largest absolute Gasteiger partial charge is 0.382 e. The number of anilines is 2. The number of aromatic nitrogens is 2. The average molecular weight is 241 g/mol. The van der Waals surface area contributed by atoms with E-state index < -0.39 is 0 Å². The number of nitrogens with zero attached hydrogens (tertiary/aromatic N) is 3. The fourth-order valence-electron chi connectivity index (χ4n) is 2.18. The Morgan fingerprint density at radius 2 is 2.38 bits per heavy atom. The van der Waals surface area contributed by atoms with Gasteiger partial charge in [-0.15, -0.1) is 0 Å². The molecule has 1 unspecified atom stereocenters. The number of rotatable bonds is 2. The quantitative estimate of drug-likeness (QED) is 0.862. The van der Waals surface area contributed by atoms with Crippen LogP contribution < -0.4 is 10.6 Å². The summed E-state index contributed by atoms with van der Waals surface area (Å²) in [5.74, 6) is 1.89. The molecular formula is C11H17ClN4. The van der Waals surface area contributed by atoms with Crippen LogP contribution in [-0.4, -0.2) is 23.1 Å². The summed E-state index contributed by atoms with van der Waals surface area (Å²) in [6.45, 7) is 4.25. The van der Waals surface area contributed by atoms with Crippen molar-refractivity contribution in [3.8, 4) is 0 Å². The second-order valence-corrected chi connectivity index (χ2v) is 4.64. The highest BCUT2D eigenvalue weighted by Crippen LogP contribution is 2.30. The van der Waals surface area contributed by atoms with Gasteiger partial charge in [0.2, 0.25) is 0 Å². The summed E-state index contributed by atoms with van der Waals surface area (Å²) in [5, 5.41) is 0.485. The summed E-state index contributed by atoms with van der Waals surface area (Å²) >= 11 is 6.13. The van der Waals surface area contributed by atoms with Crippen molar-refractivity contribution >= 4 is 23.2 Å². The van der Waals surface area contributed by atoms with E-state index in [1.807, 2.05) is 0 Å². The molecule has 2 rings (SSSR count). The van der Waals surface area contributed by atoms with Crippen LogP contribution in [-0.2, 0) is 0 Å². The van der Waals surface area contributed by atoms with Crippen LogP contribution in [0.3, 0.4) is 0 Å². The van der Waals surface area contributed by atoms with Gasteiger partial charge in [0.05, 0.1) is 0 Å². The van der Waals surface area contributed by atoms with Gasteiger partial charge in [0, 0.05) is 13.1 Å². The minimum Gasteiger partial charge on any atom is -0.382 e. The fourth-order valence-corrected chi connectivity index (χ4v) is 2.40. The smallest absolute Gasteiger partial charge is 0.153 e. The van der Waals surface area contributed by atoms with Gasteiger partial charge in [-0.2, -0.15) is 0 Å². The molecular weight excluding hydrogens is 224 g/mol. The summed E-state index contributed by atoms with van der Waals surface area (Å²) in [7, 11) is 0. The molecule has 1 aliphatic rings. The second kappa shape index (κ2) is 4.87. The summed E-state index contributed by atoms with van der Waals surface area (Å²) in [4.78, 5) is 10.3. The third-order valence-corrected chi connectivity index (χ3v) is 3.56. The third kappa shape index (κ3) is 2.21. The molecule has 5 heteroatoms. The van der Waals surface area contributed by atoms with Crippen LogP contribution in [0.1, 0.15) is 26.2 Å². The lowest BCUT2D eigenvalue weighted by atomic mass is 9.96. The first-order valence-electron chi connectivity index (χ1n) is 5.73. The number of halogens is 1. The van der Waals surface area contributed by atoms with Gasteiger partial charge in [-0.25, -0.2) is 9.97 Å². The van der Waals surface area contributed by atoms with E-state index in [0.717, 1.165) is 24.8 Å². The third-order valence-electron chi connectivity index (χ3n) is 3.19. The molecule has 1 saturated heterocycles. The van der Waals surface area contributed by atoms with Crippen LogP contribution >= 0.6 is 11.6 Å². The van der Waals surface area contributed by atoms with Gasteiger partial charge < -0.3 is 10.6 Å².